The SMILES string of the molecule is C/C=C\N(CCCN)CCCCc1ccc2oc(-c3ccc(-c4nc5cc(CCCCCCCC)ccc5o4)s3)nc2c1. The molecule has 2 N–H and O–H groups in total. The van der Waals surface area contributed by atoms with Gasteiger partial charge in [-0.15, -0.1) is 11.3 Å². The molecule has 0 atom stereocenters. The Kier molecular flexibility index (Phi) is 11.5. The van der Waals surface area contributed by atoms with Crippen molar-refractivity contribution in [3.05, 3.63) is 71.9 Å². The van der Waals surface area contributed by atoms with Crippen LogP contribution in [0.1, 0.15) is 82.8 Å². The van der Waals surface area contributed by atoms with Crippen molar-refractivity contribution in [3.8, 4) is 21.5 Å². The molecule has 0 aliphatic heterocycles. The highest BCUT2D eigenvalue weighted by Crippen LogP contribution is 2.36. The second kappa shape index (κ2) is 15.9. The molecular formula is C36H46N4O2S. The molecular weight excluding hydrogens is 552 g/mol. The molecule has 0 saturated heterocycles. The van der Waals surface area contributed by atoms with Gasteiger partial charge in [0.25, 0.3) is 0 Å². The van der Waals surface area contributed by atoms with Crippen molar-refractivity contribution < 1.29 is 8.83 Å². The zero-order valence-electron chi connectivity index (χ0n) is 25.8. The van der Waals surface area contributed by atoms with E-state index in [1.165, 1.54) is 49.7 Å². The number of hydrogen-bond acceptors (Lipinski definition) is 7. The van der Waals surface area contributed by atoms with E-state index in [2.05, 4.69) is 61.4 Å². The molecule has 0 aliphatic carbocycles. The summed E-state index contributed by atoms with van der Waals surface area (Å²) in [6.45, 7) is 7.14. The Bertz CT molecular complexity index is 1600. The van der Waals surface area contributed by atoms with E-state index in [0.717, 1.165) is 83.7 Å². The Hall–Kier alpha value is -3.42. The molecule has 43 heavy (non-hydrogen) atoms. The molecule has 0 amide bonds. The lowest BCUT2D eigenvalue weighted by Gasteiger charge is -2.19. The van der Waals surface area contributed by atoms with Crippen LogP contribution in [0.15, 0.2) is 69.6 Å². The quantitative estimate of drug-likeness (QED) is 0.101. The van der Waals surface area contributed by atoms with Gasteiger partial charge in [-0.05, 0) is 106 Å². The number of allylic oxidation sites excluding steroid dienone is 1. The van der Waals surface area contributed by atoms with Crippen molar-refractivity contribution in [3.63, 3.8) is 0 Å². The first kappa shape index (κ1) is 31.0. The number of aromatic nitrogens is 2. The maximum absolute atomic E-state index is 6.15. The van der Waals surface area contributed by atoms with E-state index in [1.807, 2.05) is 18.2 Å². The van der Waals surface area contributed by atoms with Gasteiger partial charge in [0, 0.05) is 13.1 Å². The van der Waals surface area contributed by atoms with E-state index in [-0.39, 0.29) is 0 Å². The van der Waals surface area contributed by atoms with Gasteiger partial charge in [-0.2, -0.15) is 0 Å². The van der Waals surface area contributed by atoms with E-state index in [0.29, 0.717) is 11.8 Å². The van der Waals surface area contributed by atoms with Crippen LogP contribution in [0.2, 0.25) is 0 Å². The standard InChI is InChI=1S/C36H46N4O2S/c1-3-5-6-7-8-9-13-27-15-17-31-29(25-27)38-35(41-31)33-19-20-34(43-33)36-39-30-26-28(16-18-32(30)42-36)14-10-11-23-40(22-4-2)24-12-21-37/h4,15-20,22,25-26H,3,5-14,21,23-24,37H2,1-2H3/b22-4-. The summed E-state index contributed by atoms with van der Waals surface area (Å²) >= 11 is 1.60. The Labute approximate surface area is 260 Å². The van der Waals surface area contributed by atoms with Gasteiger partial charge in [0.2, 0.25) is 11.8 Å². The maximum Gasteiger partial charge on any atom is 0.237 e. The largest absolute Gasteiger partial charge is 0.435 e. The molecule has 7 heteroatoms. The molecule has 5 aromatic rings. The van der Waals surface area contributed by atoms with Crippen molar-refractivity contribution in [1.29, 1.82) is 0 Å². The Balaban J connectivity index is 1.18. The molecule has 6 nitrogen and oxygen atoms in total. The van der Waals surface area contributed by atoms with Gasteiger partial charge < -0.3 is 19.5 Å². The third-order valence-corrected chi connectivity index (χ3v) is 8.98. The number of unbranched alkanes of at least 4 members (excludes halogenated alkanes) is 6. The van der Waals surface area contributed by atoms with Crippen LogP contribution in [0.4, 0.5) is 0 Å². The van der Waals surface area contributed by atoms with Gasteiger partial charge in [0.15, 0.2) is 11.2 Å². The highest BCUT2D eigenvalue weighted by Gasteiger charge is 2.16. The molecule has 0 spiro atoms. The predicted molar refractivity (Wildman–Crippen MR) is 180 cm³/mol. The Morgan fingerprint density at radius 2 is 1.28 bits per heavy atom. The first-order valence-electron chi connectivity index (χ1n) is 16.1. The summed E-state index contributed by atoms with van der Waals surface area (Å²) in [7, 11) is 0. The first-order valence-corrected chi connectivity index (χ1v) is 16.9. The number of thiophene rings is 1. The summed E-state index contributed by atoms with van der Waals surface area (Å²) in [6.07, 6.45) is 17.5. The van der Waals surface area contributed by atoms with Gasteiger partial charge >= 0.3 is 0 Å². The van der Waals surface area contributed by atoms with Crippen molar-refractivity contribution in [2.75, 3.05) is 19.6 Å². The highest BCUT2D eigenvalue weighted by molar-refractivity contribution is 7.18. The van der Waals surface area contributed by atoms with E-state index in [1.54, 1.807) is 11.3 Å². The molecule has 0 unspecified atom stereocenters. The van der Waals surface area contributed by atoms with Crippen LogP contribution in [-0.4, -0.2) is 34.5 Å². The molecule has 5 rings (SSSR count). The van der Waals surface area contributed by atoms with Gasteiger partial charge in [-0.1, -0.05) is 57.2 Å². The lowest BCUT2D eigenvalue weighted by atomic mass is 10.0. The van der Waals surface area contributed by atoms with Crippen molar-refractivity contribution >= 4 is 33.5 Å². The topological polar surface area (TPSA) is 81.3 Å². The Morgan fingerprint density at radius 3 is 1.86 bits per heavy atom. The van der Waals surface area contributed by atoms with Crippen LogP contribution in [0.5, 0.6) is 0 Å². The summed E-state index contributed by atoms with van der Waals surface area (Å²) in [5, 5.41) is 0. The lowest BCUT2D eigenvalue weighted by Crippen LogP contribution is -2.22. The fourth-order valence-electron chi connectivity index (χ4n) is 5.56. The average Bonchev–Trinajstić information content (AvgIpc) is 3.77. The van der Waals surface area contributed by atoms with Crippen molar-refractivity contribution in [2.24, 2.45) is 5.73 Å². The number of oxazole rings is 2. The molecule has 228 valence electrons. The summed E-state index contributed by atoms with van der Waals surface area (Å²) in [5.41, 5.74) is 11.8. The highest BCUT2D eigenvalue weighted by atomic mass is 32.1. The summed E-state index contributed by atoms with van der Waals surface area (Å²) in [4.78, 5) is 14.0. The molecule has 0 aliphatic rings. The summed E-state index contributed by atoms with van der Waals surface area (Å²) < 4.78 is 12.3. The second-order valence-electron chi connectivity index (χ2n) is 11.4. The summed E-state index contributed by atoms with van der Waals surface area (Å²) in [6, 6.07) is 16.9. The van der Waals surface area contributed by atoms with Crippen molar-refractivity contribution in [1.82, 2.24) is 14.9 Å². The van der Waals surface area contributed by atoms with Crippen LogP contribution in [-0.2, 0) is 12.8 Å². The third kappa shape index (κ3) is 8.58. The van der Waals surface area contributed by atoms with Crippen LogP contribution in [0, 0.1) is 0 Å². The molecule has 0 radical (unpaired) electrons. The maximum atomic E-state index is 6.15. The van der Waals surface area contributed by atoms with Gasteiger partial charge in [0.05, 0.1) is 9.75 Å². The van der Waals surface area contributed by atoms with E-state index < -0.39 is 0 Å². The minimum atomic E-state index is 0.641. The van der Waals surface area contributed by atoms with Gasteiger partial charge in [-0.25, -0.2) is 9.97 Å². The number of rotatable bonds is 18. The minimum Gasteiger partial charge on any atom is -0.435 e. The number of nitrogens with zero attached hydrogens (tertiary/aromatic N) is 3. The van der Waals surface area contributed by atoms with Crippen LogP contribution >= 0.6 is 11.3 Å². The fraction of sp³-hybridized carbons (Fsp3) is 0.444. The second-order valence-corrected chi connectivity index (χ2v) is 12.5. The minimum absolute atomic E-state index is 0.641. The number of hydrogen-bond donors (Lipinski definition) is 1. The molecule has 0 fully saturated rings. The third-order valence-electron chi connectivity index (χ3n) is 7.92. The molecule has 3 heterocycles. The van der Waals surface area contributed by atoms with E-state index in [9.17, 15) is 0 Å². The average molecular weight is 599 g/mol. The van der Waals surface area contributed by atoms with Crippen LogP contribution in [0.3, 0.4) is 0 Å². The number of fused-ring (bicyclic) bond motifs is 2. The van der Waals surface area contributed by atoms with Crippen LogP contribution < -0.4 is 5.73 Å². The fourth-order valence-corrected chi connectivity index (χ4v) is 6.41. The molecule has 0 saturated carbocycles. The summed E-state index contributed by atoms with van der Waals surface area (Å²) in [5.74, 6) is 1.29. The van der Waals surface area contributed by atoms with Gasteiger partial charge in [0.1, 0.15) is 11.0 Å². The molecule has 0 bridgehead atoms. The van der Waals surface area contributed by atoms with E-state index in [4.69, 9.17) is 24.5 Å². The monoisotopic (exact) mass is 598 g/mol. The number of nitrogens with two attached hydrogens (primary N) is 1. The van der Waals surface area contributed by atoms with Crippen LogP contribution in [0.25, 0.3) is 43.7 Å². The molecule has 3 aromatic heterocycles. The lowest BCUT2D eigenvalue weighted by molar-refractivity contribution is 0.361. The zero-order chi connectivity index (χ0) is 29.9. The zero-order valence-corrected chi connectivity index (χ0v) is 26.6. The molecule has 2 aromatic carbocycles. The predicted octanol–water partition coefficient (Wildman–Crippen LogP) is 9.77. The van der Waals surface area contributed by atoms with Crippen molar-refractivity contribution in [2.45, 2.75) is 84.5 Å². The number of benzene rings is 2. The number of aryl methyl sites for hydroxylation is 2. The normalized spacial score (nSPS) is 11.9. The van der Waals surface area contributed by atoms with E-state index >= 15 is 0 Å². The first-order chi connectivity index (χ1) is 21.2. The smallest absolute Gasteiger partial charge is 0.237 e. The van der Waals surface area contributed by atoms with Gasteiger partial charge in [-0.3, -0.25) is 0 Å². The Morgan fingerprint density at radius 1 is 0.721 bits per heavy atom.